The van der Waals surface area contributed by atoms with Gasteiger partial charge in [0.1, 0.15) is 5.82 Å². The molecular weight excluding hydrogens is 411 g/mol. The van der Waals surface area contributed by atoms with E-state index in [4.69, 9.17) is 5.73 Å². The molecule has 31 heavy (non-hydrogen) atoms. The van der Waals surface area contributed by atoms with Gasteiger partial charge in [-0.1, -0.05) is 30.3 Å². The fourth-order valence-electron chi connectivity index (χ4n) is 4.75. The molecule has 0 radical (unpaired) electrons. The van der Waals surface area contributed by atoms with Gasteiger partial charge >= 0.3 is 0 Å². The van der Waals surface area contributed by atoms with Crippen molar-refractivity contribution in [3.63, 3.8) is 0 Å². The molecular formula is C25H33FN2O2S. The zero-order valence-electron chi connectivity index (χ0n) is 18.3. The summed E-state index contributed by atoms with van der Waals surface area (Å²) in [4.78, 5) is 0. The van der Waals surface area contributed by atoms with Crippen LogP contribution in [0.25, 0.3) is 0 Å². The molecule has 2 N–H and O–H groups in total. The first-order chi connectivity index (χ1) is 14.8. The van der Waals surface area contributed by atoms with E-state index in [0.717, 1.165) is 50.5 Å². The van der Waals surface area contributed by atoms with Gasteiger partial charge in [-0.15, -0.1) is 0 Å². The topological polar surface area (TPSA) is 63.4 Å². The molecule has 0 aromatic heterocycles. The molecule has 168 valence electrons. The molecule has 2 unspecified atom stereocenters. The zero-order chi connectivity index (χ0) is 22.0. The summed E-state index contributed by atoms with van der Waals surface area (Å²) in [5.41, 5.74) is 11.3. The molecule has 1 fully saturated rings. The van der Waals surface area contributed by atoms with Crippen LogP contribution in [0.3, 0.4) is 0 Å². The summed E-state index contributed by atoms with van der Waals surface area (Å²) < 4.78 is 39.5. The lowest BCUT2D eigenvalue weighted by atomic mass is 9.76. The Labute approximate surface area is 185 Å². The number of halogens is 1. The van der Waals surface area contributed by atoms with E-state index in [1.54, 1.807) is 16.4 Å². The van der Waals surface area contributed by atoms with Gasteiger partial charge in [0.2, 0.25) is 10.0 Å². The van der Waals surface area contributed by atoms with Crippen molar-refractivity contribution in [3.05, 3.63) is 70.5 Å². The molecule has 0 spiro atoms. The molecule has 4 rings (SSSR count). The van der Waals surface area contributed by atoms with Crippen molar-refractivity contribution in [2.75, 3.05) is 19.3 Å². The van der Waals surface area contributed by atoms with Crippen molar-refractivity contribution in [1.82, 2.24) is 4.31 Å². The van der Waals surface area contributed by atoms with E-state index in [1.807, 2.05) is 6.07 Å². The lowest BCUT2D eigenvalue weighted by Crippen LogP contribution is -2.34. The number of fused-ring (bicyclic) bond motifs is 1. The van der Waals surface area contributed by atoms with Gasteiger partial charge in [0.15, 0.2) is 0 Å². The molecule has 1 saturated carbocycles. The SMILES string of the molecule is CS(=O)(=O)N(CCCc1ccc2c(c1)C(Cc1cccc(F)c1)C(N)CC2)CC1CC1. The van der Waals surface area contributed by atoms with Crippen LogP contribution in [0.5, 0.6) is 0 Å². The van der Waals surface area contributed by atoms with E-state index in [-0.39, 0.29) is 17.8 Å². The summed E-state index contributed by atoms with van der Waals surface area (Å²) in [5.74, 6) is 0.508. The monoisotopic (exact) mass is 444 g/mol. The Hall–Kier alpha value is -1.76. The summed E-state index contributed by atoms with van der Waals surface area (Å²) in [7, 11) is -3.16. The predicted octanol–water partition coefficient (Wildman–Crippen LogP) is 4.03. The van der Waals surface area contributed by atoms with Crippen molar-refractivity contribution in [3.8, 4) is 0 Å². The first kappa shape index (κ1) is 22.4. The summed E-state index contributed by atoms with van der Waals surface area (Å²) in [5, 5.41) is 0. The van der Waals surface area contributed by atoms with Crippen molar-refractivity contribution < 1.29 is 12.8 Å². The highest BCUT2D eigenvalue weighted by Crippen LogP contribution is 2.35. The average Bonchev–Trinajstić information content (AvgIpc) is 3.53. The van der Waals surface area contributed by atoms with Crippen LogP contribution in [0.15, 0.2) is 42.5 Å². The number of nitrogens with two attached hydrogens (primary N) is 1. The molecule has 2 aliphatic rings. The van der Waals surface area contributed by atoms with Gasteiger partial charge < -0.3 is 5.73 Å². The van der Waals surface area contributed by atoms with E-state index < -0.39 is 10.0 Å². The van der Waals surface area contributed by atoms with Gasteiger partial charge in [0.25, 0.3) is 0 Å². The van der Waals surface area contributed by atoms with Gasteiger partial charge in [0.05, 0.1) is 6.26 Å². The second kappa shape index (κ2) is 9.39. The molecule has 2 aromatic rings. The molecule has 4 nitrogen and oxygen atoms in total. The second-order valence-electron chi connectivity index (χ2n) is 9.34. The third-order valence-electron chi connectivity index (χ3n) is 6.72. The first-order valence-corrected chi connectivity index (χ1v) is 13.2. The minimum absolute atomic E-state index is 0.0604. The lowest BCUT2D eigenvalue weighted by molar-refractivity contribution is 0.393. The second-order valence-corrected chi connectivity index (χ2v) is 11.3. The van der Waals surface area contributed by atoms with Crippen LogP contribution < -0.4 is 5.73 Å². The van der Waals surface area contributed by atoms with Crippen LogP contribution in [-0.2, 0) is 29.3 Å². The molecule has 0 aliphatic heterocycles. The molecule has 0 heterocycles. The third-order valence-corrected chi connectivity index (χ3v) is 7.99. The standard InChI is InChI=1S/C25H33FN2O2S/c1-31(29,30)28(17-19-7-8-19)13-3-5-18-9-10-21-11-12-25(27)24(23(21)15-18)16-20-4-2-6-22(26)14-20/h2,4,6,9-10,14-15,19,24-25H,3,5,7-8,11-13,16-17,27H2,1H3. The maximum atomic E-state index is 13.7. The van der Waals surface area contributed by atoms with Crippen molar-refractivity contribution in [2.45, 2.75) is 56.9 Å². The third kappa shape index (κ3) is 5.93. The predicted molar refractivity (Wildman–Crippen MR) is 123 cm³/mol. The van der Waals surface area contributed by atoms with Crippen LogP contribution in [0.1, 0.15) is 53.9 Å². The molecule has 2 atom stereocenters. The minimum Gasteiger partial charge on any atom is -0.327 e. The minimum atomic E-state index is -3.16. The number of sulfonamides is 1. The van der Waals surface area contributed by atoms with E-state index in [1.165, 1.54) is 29.0 Å². The van der Waals surface area contributed by atoms with Crippen molar-refractivity contribution in [1.29, 1.82) is 0 Å². The van der Waals surface area contributed by atoms with Gasteiger partial charge in [-0.3, -0.25) is 0 Å². The Kier molecular flexibility index (Phi) is 6.80. The van der Waals surface area contributed by atoms with Crippen molar-refractivity contribution >= 4 is 10.0 Å². The number of hydrogen-bond donors (Lipinski definition) is 1. The molecule has 2 aromatic carbocycles. The van der Waals surface area contributed by atoms with Gasteiger partial charge in [-0.2, -0.15) is 0 Å². The Morgan fingerprint density at radius 2 is 1.90 bits per heavy atom. The smallest absolute Gasteiger partial charge is 0.211 e. The highest BCUT2D eigenvalue weighted by molar-refractivity contribution is 7.88. The largest absolute Gasteiger partial charge is 0.327 e. The first-order valence-electron chi connectivity index (χ1n) is 11.4. The Balaban J connectivity index is 1.45. The maximum Gasteiger partial charge on any atom is 0.211 e. The zero-order valence-corrected chi connectivity index (χ0v) is 19.1. The van der Waals surface area contributed by atoms with Gasteiger partial charge in [-0.05, 0) is 85.3 Å². The quantitative estimate of drug-likeness (QED) is 0.635. The lowest BCUT2D eigenvalue weighted by Gasteiger charge is -2.32. The molecule has 2 aliphatic carbocycles. The summed E-state index contributed by atoms with van der Waals surface area (Å²) in [6, 6.07) is 13.5. The number of benzene rings is 2. The molecule has 0 saturated heterocycles. The van der Waals surface area contributed by atoms with E-state index in [9.17, 15) is 12.8 Å². The van der Waals surface area contributed by atoms with Crippen LogP contribution >= 0.6 is 0 Å². The summed E-state index contributed by atoms with van der Waals surface area (Å²) in [6.07, 6.45) is 7.89. The molecule has 0 bridgehead atoms. The van der Waals surface area contributed by atoms with Crippen LogP contribution in [-0.4, -0.2) is 38.1 Å². The Morgan fingerprint density at radius 1 is 1.10 bits per heavy atom. The normalized spacial score (nSPS) is 21.3. The average molecular weight is 445 g/mol. The van der Waals surface area contributed by atoms with Crippen LogP contribution in [0.2, 0.25) is 0 Å². The number of aryl methyl sites for hydroxylation is 2. The highest BCUT2D eigenvalue weighted by Gasteiger charge is 2.29. The van der Waals surface area contributed by atoms with E-state index >= 15 is 0 Å². The van der Waals surface area contributed by atoms with E-state index in [2.05, 4.69) is 18.2 Å². The van der Waals surface area contributed by atoms with Gasteiger partial charge in [-0.25, -0.2) is 17.1 Å². The molecule has 6 heteroatoms. The summed E-state index contributed by atoms with van der Waals surface area (Å²) >= 11 is 0. The highest BCUT2D eigenvalue weighted by atomic mass is 32.2. The Bertz CT molecular complexity index is 1020. The maximum absolute atomic E-state index is 13.7. The fraction of sp³-hybridized carbons (Fsp3) is 0.520. The van der Waals surface area contributed by atoms with Crippen LogP contribution in [0.4, 0.5) is 4.39 Å². The number of hydrogen-bond acceptors (Lipinski definition) is 3. The molecule has 0 amide bonds. The number of nitrogens with zero attached hydrogens (tertiary/aromatic N) is 1. The summed E-state index contributed by atoms with van der Waals surface area (Å²) in [6.45, 7) is 1.23. The van der Waals surface area contributed by atoms with E-state index in [0.29, 0.717) is 19.0 Å². The van der Waals surface area contributed by atoms with Crippen LogP contribution in [0, 0.1) is 11.7 Å². The number of rotatable bonds is 9. The Morgan fingerprint density at radius 3 is 2.61 bits per heavy atom. The van der Waals surface area contributed by atoms with Crippen molar-refractivity contribution in [2.24, 2.45) is 11.7 Å². The fourth-order valence-corrected chi connectivity index (χ4v) is 5.69. The van der Waals surface area contributed by atoms with Gasteiger partial charge in [0, 0.05) is 25.0 Å².